The van der Waals surface area contributed by atoms with Crippen LogP contribution in [0, 0.1) is 68.4 Å². The van der Waals surface area contributed by atoms with Crippen LogP contribution in [0.25, 0.3) is 72.9 Å². The van der Waals surface area contributed by atoms with Gasteiger partial charge in [-0.1, -0.05) is 165 Å². The summed E-state index contributed by atoms with van der Waals surface area (Å²) in [4.78, 5) is 6.06. The third kappa shape index (κ3) is 29.4. The number of hydrogen-bond donors (Lipinski definition) is 6. The topological polar surface area (TPSA) is 393 Å². The summed E-state index contributed by atoms with van der Waals surface area (Å²) < 4.78 is 193. The van der Waals surface area contributed by atoms with Crippen molar-refractivity contribution in [3.05, 3.63) is 309 Å². The third-order valence-corrected chi connectivity index (χ3v) is 22.5. The minimum Gasteiger partial charge on any atom is -0.744 e. The summed E-state index contributed by atoms with van der Waals surface area (Å²) in [5.41, 5.74) is 20.8. The number of hydrogen-bond acceptors (Lipinski definition) is 20. The molecule has 0 bridgehead atoms. The SMILES string of the molecule is C.C.CC.CC.CC=Cc1[c-]cc(NS(C)(=O)=O)cc1.Cc1ccc(NS(C)(=O)=O)cc1S(=O)(=O)[O-].Cc1cccc(C)c1Nc1ccc2c(-c3ccccc3S(=O)(=O)[O-])c3ccc(=[NH+]c4c(C)cccc4C)cc-3oc2c1.Cc1cccc(C)c1Nc1ccc2c(-c3ccccc3S(=O)(=O)[O-])c3ccc(=[NH+]c4c(C)cccc4C)cc-3oc2c1.O=S(=O)=O.[Na+].[Na+]. The normalized spacial score (nSPS) is 11.4. The standard InChI is InChI=1S/2C35H30N2O4S.C10H12NO2S.C8H11NO5S2.2C2H6.2CH4.2Na.O3S/c2*1-21-9-7-10-22(2)34(21)36-25-15-17-27-30(19-25)41-31-20-26(37-35-23(3)11-8-12-24(35)4)16-18-28(31)33(27)29-13-5-6-14-32(29)42(38,39)40;1-3-4-9-5-7-10(8-6-9)11-14(2,12)13;1-6-3-4-7(9-15(2,10)11)5-8(6)16(12,13)14;2*1-2;;;;;1-4(2)3/h2*5-20,36H,1-4H3,(H,38,39,40);3-5,7-8,11H,1-2H3;3-5,9H,1-2H3,(H,12,13,14);2*1-2H3;2*1H4;;;/q;;-1;;;;;;2*+1;/p-1. The average Bonchev–Trinajstić information content (AvgIpc) is 0.746. The molecule has 2 heterocycles. The fourth-order valence-corrected chi connectivity index (χ4v) is 16.4. The first-order valence-corrected chi connectivity index (χ1v) is 47.1. The fraction of sp³-hybridized carbons (Fsp3) is 0.191. The van der Waals surface area contributed by atoms with Gasteiger partial charge in [0.05, 0.1) is 39.3 Å². The maximum Gasteiger partial charge on any atom is 1.00 e. The van der Waals surface area contributed by atoms with Gasteiger partial charge in [0.1, 0.15) is 53.0 Å². The Morgan fingerprint density at radius 3 is 1.04 bits per heavy atom. The monoisotopic (exact) mass is 1840 g/mol. The second-order valence-corrected chi connectivity index (χ2v) is 35.6. The number of anilines is 6. The van der Waals surface area contributed by atoms with E-state index in [-0.39, 0.29) is 95.0 Å². The van der Waals surface area contributed by atoms with Gasteiger partial charge in [-0.3, -0.25) is 4.72 Å². The van der Waals surface area contributed by atoms with E-state index in [0.717, 1.165) is 113 Å². The van der Waals surface area contributed by atoms with Crippen LogP contribution in [0.3, 0.4) is 0 Å². The van der Waals surface area contributed by atoms with Gasteiger partial charge in [0, 0.05) is 119 Å². The molecule has 0 fully saturated rings. The number of aryl methyl sites for hydroxylation is 9. The number of para-hydroxylation sites is 4. The molecule has 0 saturated heterocycles. The minimum absolute atomic E-state index is 0. The summed E-state index contributed by atoms with van der Waals surface area (Å²) in [6.45, 7) is 27.8. The van der Waals surface area contributed by atoms with Crippen molar-refractivity contribution in [1.82, 2.24) is 0 Å². The molecule has 0 amide bonds. The number of benzene rings is 12. The molecule has 4 aliphatic rings. The predicted molar refractivity (Wildman–Crippen MR) is 492 cm³/mol. The van der Waals surface area contributed by atoms with E-state index in [2.05, 4.69) is 140 Å². The van der Waals surface area contributed by atoms with Crippen LogP contribution in [0.15, 0.2) is 260 Å². The number of allylic oxidation sites excluding steroid dienone is 1. The number of fused-ring (bicyclic) bond motifs is 4. The van der Waals surface area contributed by atoms with E-state index < -0.39 is 65.9 Å². The van der Waals surface area contributed by atoms with Crippen molar-refractivity contribution in [2.75, 3.05) is 32.6 Å². The molecule has 2 aliphatic heterocycles. The van der Waals surface area contributed by atoms with Crippen LogP contribution in [-0.2, 0) is 61.0 Å². The van der Waals surface area contributed by atoms with Gasteiger partial charge >= 0.3 is 69.7 Å². The van der Waals surface area contributed by atoms with E-state index in [1.54, 1.807) is 54.6 Å². The Bertz CT molecular complexity index is 6680. The van der Waals surface area contributed by atoms with Crippen molar-refractivity contribution in [3.63, 3.8) is 0 Å². The quantitative estimate of drug-likeness (QED) is 0.0226. The van der Waals surface area contributed by atoms with E-state index in [1.165, 1.54) is 31.2 Å². The zero-order valence-corrected chi connectivity index (χ0v) is 80.8. The van der Waals surface area contributed by atoms with Crippen LogP contribution in [0.2, 0.25) is 0 Å². The molecule has 6 N–H and O–H groups in total. The van der Waals surface area contributed by atoms with Crippen molar-refractivity contribution >= 4 is 135 Å². The number of sulfonamides is 2. The molecule has 2 aliphatic carbocycles. The summed E-state index contributed by atoms with van der Waals surface area (Å²) >= 11 is 0. The minimum atomic E-state index is -4.74. The molecule has 0 spiro atoms. The maximum absolute atomic E-state index is 12.3. The molecule has 0 unspecified atom stereocenters. The summed E-state index contributed by atoms with van der Waals surface area (Å²) in [5.74, 6) is 1.10. The summed E-state index contributed by atoms with van der Waals surface area (Å²) in [7, 11) is -23.9. The Morgan fingerprint density at radius 2 is 0.706 bits per heavy atom. The van der Waals surface area contributed by atoms with Crippen LogP contribution < -0.4 is 99.9 Å². The van der Waals surface area contributed by atoms with Gasteiger partial charge in [0.2, 0.25) is 42.1 Å². The first kappa shape index (κ1) is 108. The summed E-state index contributed by atoms with van der Waals surface area (Å²) in [5, 5.41) is 10.1. The van der Waals surface area contributed by atoms with Gasteiger partial charge in [-0.2, -0.15) is 5.56 Å². The first-order chi connectivity index (χ1) is 57.5. The fourth-order valence-electron chi connectivity index (χ4n) is 13.2. The maximum atomic E-state index is 12.3. The van der Waals surface area contributed by atoms with Gasteiger partial charge < -0.3 is 37.8 Å². The Morgan fingerprint density at radius 1 is 0.373 bits per heavy atom. The van der Waals surface area contributed by atoms with Crippen LogP contribution in [0.5, 0.6) is 0 Å². The van der Waals surface area contributed by atoms with E-state index in [4.69, 9.17) is 21.5 Å². The molecule has 0 radical (unpaired) electrons. The van der Waals surface area contributed by atoms with Crippen LogP contribution in [0.4, 0.5) is 45.5 Å². The van der Waals surface area contributed by atoms with Gasteiger partial charge in [0.15, 0.2) is 0 Å². The van der Waals surface area contributed by atoms with Crippen molar-refractivity contribution in [1.29, 1.82) is 0 Å². The van der Waals surface area contributed by atoms with Gasteiger partial charge in [-0.15, -0.1) is 49.0 Å². The van der Waals surface area contributed by atoms with E-state index in [0.29, 0.717) is 72.5 Å². The Hall–Kier alpha value is -10.2. The molecule has 32 heteroatoms. The molecule has 0 aromatic heterocycles. The molecule has 10 aromatic rings. The largest absolute Gasteiger partial charge is 1.00 e. The number of nitrogens with one attached hydrogen (secondary N) is 6. The van der Waals surface area contributed by atoms with Gasteiger partial charge in [-0.25, -0.2) is 52.1 Å². The molecular formula is C94H102N6Na2O18S6. The molecule has 0 atom stereocenters. The average molecular weight is 1840 g/mol. The smallest absolute Gasteiger partial charge is 0.744 e. The Balaban J connectivity index is 0.000000369. The van der Waals surface area contributed by atoms with E-state index in [9.17, 15) is 55.7 Å². The zero-order chi connectivity index (χ0) is 89.9. The first-order valence-electron chi connectivity index (χ1n) is 38.1. The van der Waals surface area contributed by atoms with E-state index in [1.807, 2.05) is 144 Å². The Kier molecular flexibility index (Phi) is 40.8. The second kappa shape index (κ2) is 47.5. The molecule has 654 valence electrons. The van der Waals surface area contributed by atoms with Gasteiger partial charge in [-0.05, 0) is 156 Å². The number of rotatable bonds is 16. The molecule has 24 nitrogen and oxygen atoms in total. The van der Waals surface area contributed by atoms with Crippen LogP contribution in [0.1, 0.15) is 105 Å². The Labute approximate surface area is 786 Å². The molecule has 0 saturated carbocycles. The zero-order valence-electron chi connectivity index (χ0n) is 71.9. The third-order valence-electron chi connectivity index (χ3n) is 18.5. The van der Waals surface area contributed by atoms with Crippen molar-refractivity contribution in [2.24, 2.45) is 0 Å². The van der Waals surface area contributed by atoms with Gasteiger partial charge in [0.25, 0.3) is 0 Å². The molecule has 14 rings (SSSR count). The molecule has 126 heavy (non-hydrogen) atoms. The predicted octanol–water partition coefficient (Wildman–Crippen LogP) is 11.3. The second-order valence-electron chi connectivity index (χ2n) is 27.7. The van der Waals surface area contributed by atoms with Crippen molar-refractivity contribution < 1.29 is 146 Å². The summed E-state index contributed by atoms with van der Waals surface area (Å²) in [6.07, 6.45) is 5.84. The molecule has 10 aromatic carbocycles. The van der Waals surface area contributed by atoms with Crippen molar-refractivity contribution in [2.45, 2.75) is 126 Å². The van der Waals surface area contributed by atoms with E-state index >= 15 is 0 Å². The van der Waals surface area contributed by atoms with Crippen molar-refractivity contribution in [3.8, 4) is 44.9 Å². The van der Waals surface area contributed by atoms with Crippen LogP contribution >= 0.6 is 0 Å². The summed E-state index contributed by atoms with van der Waals surface area (Å²) in [6, 6.07) is 71.9. The van der Waals surface area contributed by atoms with Crippen LogP contribution in [-0.4, -0.2) is 80.9 Å². The molecular weight excluding hydrogens is 1740 g/mol.